The first-order chi connectivity index (χ1) is 17.2. The van der Waals surface area contributed by atoms with Gasteiger partial charge < -0.3 is 20.8 Å². The highest BCUT2D eigenvalue weighted by atomic mass is 35.5. The van der Waals surface area contributed by atoms with E-state index < -0.39 is 15.8 Å². The Bertz CT molecular complexity index is 1670. The molecule has 4 aromatic rings. The van der Waals surface area contributed by atoms with Gasteiger partial charge in [-0.1, -0.05) is 54.1 Å². The maximum atomic E-state index is 13.2. The summed E-state index contributed by atoms with van der Waals surface area (Å²) in [6, 6.07) is 19.0. The molecule has 180 valence electrons. The van der Waals surface area contributed by atoms with Crippen LogP contribution in [-0.2, 0) is 20.4 Å². The fourth-order valence-corrected chi connectivity index (χ4v) is 5.49. The molecule has 1 heterocycles. The lowest BCUT2D eigenvalue weighted by Gasteiger charge is -2.09. The number of carboxylic acids is 1. The van der Waals surface area contributed by atoms with Crippen LogP contribution in [0.25, 0.3) is 22.2 Å². The molecule has 0 fully saturated rings. The predicted octanol–water partition coefficient (Wildman–Crippen LogP) is 4.76. The van der Waals surface area contributed by atoms with Crippen LogP contribution in [0.1, 0.15) is 11.1 Å². The van der Waals surface area contributed by atoms with Crippen molar-refractivity contribution in [3.8, 4) is 17.2 Å². The molecule has 9 nitrogen and oxygen atoms in total. The molecule has 0 aliphatic heterocycles. The maximum Gasteiger partial charge on any atom is 0.338 e. The van der Waals surface area contributed by atoms with E-state index in [0.29, 0.717) is 28.4 Å². The topological polar surface area (TPSA) is 160 Å². The van der Waals surface area contributed by atoms with Gasteiger partial charge in [-0.3, -0.25) is 0 Å². The van der Waals surface area contributed by atoms with Crippen molar-refractivity contribution < 1.29 is 18.3 Å². The number of imidazole rings is 1. The zero-order valence-corrected chi connectivity index (χ0v) is 20.1. The lowest BCUT2D eigenvalue weighted by Crippen LogP contribution is -2.06. The molecule has 0 bridgehead atoms. The average Bonchev–Trinajstić information content (AvgIpc) is 3.25. The predicted molar refractivity (Wildman–Crippen MR) is 137 cm³/mol. The lowest BCUT2D eigenvalue weighted by atomic mass is 10.00. The number of sulfone groups is 1. The molecule has 1 aromatic heterocycles. The van der Waals surface area contributed by atoms with Gasteiger partial charge in [-0.2, -0.15) is 5.26 Å². The number of hydrogen-bond donors (Lipinski definition) is 4. The summed E-state index contributed by atoms with van der Waals surface area (Å²) in [5, 5.41) is 28.1. The summed E-state index contributed by atoms with van der Waals surface area (Å²) >= 11 is 6.30. The molecule has 0 unspecified atom stereocenters. The molecule has 0 aliphatic rings. The number of aromatic nitrogens is 2. The Labute approximate surface area is 211 Å². The maximum absolute atomic E-state index is 13.2. The number of halogens is 1. The van der Waals surface area contributed by atoms with Crippen LogP contribution in [-0.4, -0.2) is 35.7 Å². The molecule has 0 spiro atoms. The van der Waals surface area contributed by atoms with Crippen molar-refractivity contribution in [3.63, 3.8) is 0 Å². The van der Waals surface area contributed by atoms with Gasteiger partial charge in [0.05, 0.1) is 43.9 Å². The molecule has 0 amide bonds. The van der Waals surface area contributed by atoms with Gasteiger partial charge in [0, 0.05) is 12.4 Å². The Morgan fingerprint density at radius 2 is 1.92 bits per heavy atom. The van der Waals surface area contributed by atoms with Crippen molar-refractivity contribution in [2.45, 2.75) is 10.6 Å². The van der Waals surface area contributed by atoms with Crippen molar-refractivity contribution in [1.29, 1.82) is 10.7 Å². The minimum absolute atomic E-state index is 0.0125. The van der Waals surface area contributed by atoms with Crippen LogP contribution in [0.2, 0.25) is 5.02 Å². The van der Waals surface area contributed by atoms with E-state index in [4.69, 9.17) is 22.1 Å². The standard InChI is InChI=1S/C25H18ClN5O4S/c26-20-9-21-22(31-25(30-21)29-13-18(12-28)24(32)33)10-23(20)36(34,35)14-15-5-7-16(8-6-15)19-4-2-1-3-17(19)11-27/h1-10,12-13,28H,14H2,(H,32,33)(H2,29,30,31)/b18-13+,28-12?. The van der Waals surface area contributed by atoms with E-state index >= 15 is 0 Å². The van der Waals surface area contributed by atoms with Gasteiger partial charge in [0.1, 0.15) is 0 Å². The summed E-state index contributed by atoms with van der Waals surface area (Å²) in [6.07, 6.45) is 1.76. The van der Waals surface area contributed by atoms with Crippen LogP contribution < -0.4 is 5.32 Å². The average molecular weight is 520 g/mol. The molecule has 11 heteroatoms. The fourth-order valence-electron chi connectivity index (χ4n) is 3.54. The van der Waals surface area contributed by atoms with Gasteiger partial charge in [0.15, 0.2) is 9.84 Å². The second kappa shape index (κ2) is 10.0. The Morgan fingerprint density at radius 3 is 2.58 bits per heavy atom. The molecule has 0 radical (unpaired) electrons. The summed E-state index contributed by atoms with van der Waals surface area (Å²) in [6.45, 7) is 0. The summed E-state index contributed by atoms with van der Waals surface area (Å²) in [5.41, 5.74) is 3.10. The molecule has 0 saturated heterocycles. The summed E-state index contributed by atoms with van der Waals surface area (Å²) < 4.78 is 26.4. The van der Waals surface area contributed by atoms with E-state index in [9.17, 15) is 18.5 Å². The SMILES string of the molecule is N#Cc1ccccc1-c1ccc(CS(=O)(=O)c2cc3nc(N/C=C(\C=N)C(=O)O)[nH]c3cc2Cl)cc1. The number of anilines is 1. The van der Waals surface area contributed by atoms with Crippen molar-refractivity contribution in [3.05, 3.63) is 88.6 Å². The fraction of sp³-hybridized carbons (Fsp3) is 0.0400. The van der Waals surface area contributed by atoms with E-state index in [0.717, 1.165) is 17.3 Å². The Morgan fingerprint density at radius 1 is 1.19 bits per heavy atom. The largest absolute Gasteiger partial charge is 0.478 e. The number of aromatic amines is 1. The molecular formula is C25H18ClN5O4S. The van der Waals surface area contributed by atoms with Gasteiger partial charge in [-0.05, 0) is 34.9 Å². The second-order valence-electron chi connectivity index (χ2n) is 7.69. The normalized spacial score (nSPS) is 11.7. The van der Waals surface area contributed by atoms with Gasteiger partial charge in [0.2, 0.25) is 5.95 Å². The number of fused-ring (bicyclic) bond motifs is 1. The molecule has 4 N–H and O–H groups in total. The number of carboxylic acid groups (broad SMARTS) is 1. The number of hydrogen-bond acceptors (Lipinski definition) is 7. The number of carbonyl (C=O) groups is 1. The van der Waals surface area contributed by atoms with Crippen molar-refractivity contribution >= 4 is 50.6 Å². The minimum atomic E-state index is -3.84. The minimum Gasteiger partial charge on any atom is -0.478 e. The van der Waals surface area contributed by atoms with Crippen molar-refractivity contribution in [2.75, 3.05) is 5.32 Å². The number of benzene rings is 3. The van der Waals surface area contributed by atoms with Gasteiger partial charge in [0.25, 0.3) is 0 Å². The van der Waals surface area contributed by atoms with Gasteiger partial charge in [-0.15, -0.1) is 0 Å². The third-order valence-corrected chi connectivity index (χ3v) is 7.45. The Hall–Kier alpha value is -4.46. The van der Waals surface area contributed by atoms with E-state index in [1.165, 1.54) is 12.1 Å². The smallest absolute Gasteiger partial charge is 0.338 e. The van der Waals surface area contributed by atoms with E-state index in [2.05, 4.69) is 21.4 Å². The van der Waals surface area contributed by atoms with Crippen LogP contribution in [0.5, 0.6) is 0 Å². The molecule has 0 aliphatic carbocycles. The third-order valence-electron chi connectivity index (χ3n) is 5.31. The number of rotatable bonds is 8. The zero-order chi connectivity index (χ0) is 25.9. The zero-order valence-electron chi connectivity index (χ0n) is 18.5. The van der Waals surface area contributed by atoms with Crippen LogP contribution in [0.3, 0.4) is 0 Å². The van der Waals surface area contributed by atoms with Crippen LogP contribution in [0.15, 0.2) is 77.3 Å². The Kier molecular flexibility index (Phi) is 6.87. The third kappa shape index (κ3) is 5.12. The van der Waals surface area contributed by atoms with Crippen LogP contribution in [0.4, 0.5) is 5.95 Å². The number of aliphatic carboxylic acids is 1. The quantitative estimate of drug-likeness (QED) is 0.193. The molecule has 4 rings (SSSR count). The molecule has 3 aromatic carbocycles. The van der Waals surface area contributed by atoms with E-state index in [1.807, 2.05) is 12.1 Å². The van der Waals surface area contributed by atoms with Crippen molar-refractivity contribution in [2.24, 2.45) is 0 Å². The highest BCUT2D eigenvalue weighted by Crippen LogP contribution is 2.30. The number of nitrogens with one attached hydrogen (secondary N) is 3. The lowest BCUT2D eigenvalue weighted by molar-refractivity contribution is -0.132. The van der Waals surface area contributed by atoms with E-state index in [1.54, 1.807) is 36.4 Å². The second-order valence-corrected chi connectivity index (χ2v) is 10.1. The number of nitrogens with zero attached hydrogens (tertiary/aromatic N) is 2. The summed E-state index contributed by atoms with van der Waals surface area (Å²) in [4.78, 5) is 18.0. The van der Waals surface area contributed by atoms with Gasteiger partial charge >= 0.3 is 5.97 Å². The molecule has 0 atom stereocenters. The van der Waals surface area contributed by atoms with Crippen molar-refractivity contribution in [1.82, 2.24) is 9.97 Å². The van der Waals surface area contributed by atoms with E-state index in [-0.39, 0.29) is 27.2 Å². The molecule has 36 heavy (non-hydrogen) atoms. The first-order valence-electron chi connectivity index (χ1n) is 10.4. The number of H-pyrrole nitrogens is 1. The number of nitriles is 1. The Balaban J connectivity index is 1.59. The first-order valence-corrected chi connectivity index (χ1v) is 12.5. The molecular weight excluding hydrogens is 502 g/mol. The monoisotopic (exact) mass is 519 g/mol. The van der Waals surface area contributed by atoms with Crippen LogP contribution >= 0.6 is 11.6 Å². The van der Waals surface area contributed by atoms with Crippen LogP contribution in [0, 0.1) is 16.7 Å². The van der Waals surface area contributed by atoms with Gasteiger partial charge in [-0.25, -0.2) is 18.2 Å². The summed E-state index contributed by atoms with van der Waals surface area (Å²) in [7, 11) is -3.84. The highest BCUT2D eigenvalue weighted by molar-refractivity contribution is 7.90. The highest BCUT2D eigenvalue weighted by Gasteiger charge is 2.21. The molecule has 0 saturated carbocycles. The first kappa shape index (κ1) is 24.7. The summed E-state index contributed by atoms with van der Waals surface area (Å²) in [5.74, 6) is -1.42.